The van der Waals surface area contributed by atoms with Gasteiger partial charge in [0.25, 0.3) is 10.0 Å². The minimum atomic E-state index is -3.79. The van der Waals surface area contributed by atoms with E-state index in [0.29, 0.717) is 11.6 Å². The molecule has 4 aromatic rings. The molecule has 2 fully saturated rings. The fourth-order valence-electron chi connectivity index (χ4n) is 5.39. The monoisotopic (exact) mass is 505 g/mol. The summed E-state index contributed by atoms with van der Waals surface area (Å²) in [6, 6.07) is 10.7. The summed E-state index contributed by atoms with van der Waals surface area (Å²) in [4.78, 5) is 7.33. The fourth-order valence-corrected chi connectivity index (χ4v) is 6.74. The molecule has 3 aromatic heterocycles. The molecule has 0 atom stereocenters. The second-order valence-corrected chi connectivity index (χ2v) is 11.5. The molecule has 4 heterocycles. The van der Waals surface area contributed by atoms with Crippen molar-refractivity contribution in [3.63, 3.8) is 0 Å². The number of ether oxygens (including phenoxy) is 1. The highest BCUT2D eigenvalue weighted by Crippen LogP contribution is 2.38. The molecular formula is C27H31N5O3S. The lowest BCUT2D eigenvalue weighted by molar-refractivity contribution is 0.0360. The van der Waals surface area contributed by atoms with Crippen LogP contribution in [0.5, 0.6) is 0 Å². The predicted molar refractivity (Wildman–Crippen MR) is 138 cm³/mol. The second kappa shape index (κ2) is 9.80. The van der Waals surface area contributed by atoms with Crippen molar-refractivity contribution in [3.05, 3.63) is 66.7 Å². The van der Waals surface area contributed by atoms with E-state index in [1.54, 1.807) is 30.5 Å². The maximum atomic E-state index is 13.6. The maximum Gasteiger partial charge on any atom is 0.269 e. The molecule has 1 saturated heterocycles. The molecule has 1 aliphatic carbocycles. The van der Waals surface area contributed by atoms with Gasteiger partial charge in [0.2, 0.25) is 0 Å². The zero-order valence-corrected chi connectivity index (χ0v) is 21.1. The van der Waals surface area contributed by atoms with Gasteiger partial charge in [0.1, 0.15) is 0 Å². The van der Waals surface area contributed by atoms with Crippen molar-refractivity contribution in [2.45, 2.75) is 43.0 Å². The normalized spacial score (nSPS) is 17.8. The van der Waals surface area contributed by atoms with Crippen molar-refractivity contribution in [1.82, 2.24) is 23.6 Å². The summed E-state index contributed by atoms with van der Waals surface area (Å²) in [6.45, 7) is 5.10. The van der Waals surface area contributed by atoms with Crippen molar-refractivity contribution in [3.8, 4) is 11.1 Å². The molecule has 6 rings (SSSR count). The lowest BCUT2D eigenvalue weighted by Gasteiger charge is -2.26. The molecule has 8 nitrogen and oxygen atoms in total. The highest BCUT2D eigenvalue weighted by Gasteiger charge is 2.25. The van der Waals surface area contributed by atoms with Gasteiger partial charge in [-0.2, -0.15) is 5.10 Å². The molecule has 1 saturated carbocycles. The van der Waals surface area contributed by atoms with Crippen LogP contribution in [0.2, 0.25) is 0 Å². The number of fused-ring (bicyclic) bond motifs is 1. The molecule has 9 heteroatoms. The molecule has 1 aliphatic heterocycles. The van der Waals surface area contributed by atoms with Crippen molar-refractivity contribution in [1.29, 1.82) is 0 Å². The number of rotatable bonds is 7. The maximum absolute atomic E-state index is 13.6. The number of pyridine rings is 1. The van der Waals surface area contributed by atoms with E-state index in [1.165, 1.54) is 22.4 Å². The Morgan fingerprint density at radius 3 is 2.53 bits per heavy atom. The largest absolute Gasteiger partial charge is 0.379 e. The van der Waals surface area contributed by atoms with Crippen LogP contribution >= 0.6 is 0 Å². The van der Waals surface area contributed by atoms with Gasteiger partial charge in [0.05, 0.1) is 30.9 Å². The first-order valence-corrected chi connectivity index (χ1v) is 14.2. The summed E-state index contributed by atoms with van der Waals surface area (Å²) < 4.78 is 35.9. The first kappa shape index (κ1) is 23.4. The Balaban J connectivity index is 1.39. The SMILES string of the molecule is O=S(=O)(c1ccccc1)n1cc(-c2cnn(CCN3CCOCC3)c2)c2cc(C3CCCC3)cnc21. The quantitative estimate of drug-likeness (QED) is 0.376. The van der Waals surface area contributed by atoms with Crippen LogP contribution in [0.3, 0.4) is 0 Å². The molecule has 1 aromatic carbocycles. The highest BCUT2D eigenvalue weighted by molar-refractivity contribution is 7.90. The summed E-state index contributed by atoms with van der Waals surface area (Å²) in [7, 11) is -3.79. The third kappa shape index (κ3) is 4.47. The number of morpholine rings is 1. The standard InChI is InChI=1S/C27H31N5O3S/c33-36(34,24-8-2-1-3-9-24)32-20-26(25-16-22(17-28-27(25)32)21-6-4-5-7-21)23-18-29-31(19-23)11-10-30-12-14-35-15-13-30/h1-3,8-9,16-21H,4-7,10-15H2. The van der Waals surface area contributed by atoms with Gasteiger partial charge in [-0.25, -0.2) is 17.4 Å². The van der Waals surface area contributed by atoms with Gasteiger partial charge in [-0.15, -0.1) is 0 Å². The Morgan fingerprint density at radius 1 is 0.972 bits per heavy atom. The van der Waals surface area contributed by atoms with Crippen molar-refractivity contribution >= 4 is 21.1 Å². The van der Waals surface area contributed by atoms with Gasteiger partial charge in [0, 0.05) is 54.7 Å². The van der Waals surface area contributed by atoms with Crippen LogP contribution in [0.25, 0.3) is 22.2 Å². The summed E-state index contributed by atoms with van der Waals surface area (Å²) in [5, 5.41) is 5.45. The van der Waals surface area contributed by atoms with Gasteiger partial charge in [0.15, 0.2) is 5.65 Å². The third-order valence-corrected chi connectivity index (χ3v) is 9.12. The van der Waals surface area contributed by atoms with Crippen molar-refractivity contribution in [2.75, 3.05) is 32.8 Å². The Hall–Kier alpha value is -3.01. The van der Waals surface area contributed by atoms with E-state index in [2.05, 4.69) is 16.1 Å². The number of aromatic nitrogens is 4. The van der Waals surface area contributed by atoms with Crippen molar-refractivity contribution < 1.29 is 13.2 Å². The highest BCUT2D eigenvalue weighted by atomic mass is 32.2. The number of hydrogen-bond donors (Lipinski definition) is 0. The van der Waals surface area contributed by atoms with Crippen LogP contribution in [0.4, 0.5) is 0 Å². The van der Waals surface area contributed by atoms with Crippen LogP contribution < -0.4 is 0 Å². The molecule has 0 unspecified atom stereocenters. The van der Waals surface area contributed by atoms with Gasteiger partial charge in [-0.05, 0) is 42.5 Å². The Labute approximate surface area is 211 Å². The van der Waals surface area contributed by atoms with Gasteiger partial charge < -0.3 is 4.74 Å². The van der Waals surface area contributed by atoms with Gasteiger partial charge >= 0.3 is 0 Å². The molecule has 0 N–H and O–H groups in total. The van der Waals surface area contributed by atoms with Gasteiger partial charge in [-0.1, -0.05) is 31.0 Å². The molecule has 2 aliphatic rings. The van der Waals surface area contributed by atoms with Crippen LogP contribution in [0.15, 0.2) is 66.1 Å². The van der Waals surface area contributed by atoms with E-state index < -0.39 is 10.0 Å². The Kier molecular flexibility index (Phi) is 6.37. The molecular weight excluding hydrogens is 474 g/mol. The summed E-state index contributed by atoms with van der Waals surface area (Å²) in [5.41, 5.74) is 3.39. The summed E-state index contributed by atoms with van der Waals surface area (Å²) >= 11 is 0. The van der Waals surface area contributed by atoms with E-state index >= 15 is 0 Å². The van der Waals surface area contributed by atoms with Crippen LogP contribution in [0.1, 0.15) is 37.2 Å². The third-order valence-electron chi connectivity index (χ3n) is 7.45. The molecule has 0 amide bonds. The van der Waals surface area contributed by atoms with Crippen LogP contribution in [-0.2, 0) is 21.3 Å². The number of nitrogens with zero attached hydrogens (tertiary/aromatic N) is 5. The zero-order chi connectivity index (χ0) is 24.5. The van der Waals surface area contributed by atoms with E-state index in [-0.39, 0.29) is 4.90 Å². The Morgan fingerprint density at radius 2 is 1.75 bits per heavy atom. The number of benzene rings is 1. The average Bonchev–Trinajstić information content (AvgIpc) is 3.68. The van der Waals surface area contributed by atoms with Crippen LogP contribution in [0, 0.1) is 0 Å². The lowest BCUT2D eigenvalue weighted by Crippen LogP contribution is -2.38. The average molecular weight is 506 g/mol. The summed E-state index contributed by atoms with van der Waals surface area (Å²) in [6.07, 6.45) is 12.2. The molecule has 188 valence electrons. The molecule has 0 spiro atoms. The van der Waals surface area contributed by atoms with Crippen LogP contribution in [-0.4, -0.2) is 64.9 Å². The van der Waals surface area contributed by atoms with E-state index in [9.17, 15) is 8.42 Å². The second-order valence-electron chi connectivity index (χ2n) is 9.72. The first-order chi connectivity index (χ1) is 17.6. The predicted octanol–water partition coefficient (Wildman–Crippen LogP) is 4.13. The fraction of sp³-hybridized carbons (Fsp3) is 0.407. The first-order valence-electron chi connectivity index (χ1n) is 12.7. The smallest absolute Gasteiger partial charge is 0.269 e. The minimum absolute atomic E-state index is 0.247. The van der Waals surface area contributed by atoms with E-state index in [0.717, 1.165) is 68.7 Å². The number of hydrogen-bond acceptors (Lipinski definition) is 6. The minimum Gasteiger partial charge on any atom is -0.379 e. The van der Waals surface area contributed by atoms with Crippen molar-refractivity contribution in [2.24, 2.45) is 0 Å². The zero-order valence-electron chi connectivity index (χ0n) is 20.3. The van der Waals surface area contributed by atoms with E-state index in [4.69, 9.17) is 9.72 Å². The molecule has 0 radical (unpaired) electrons. The van der Waals surface area contributed by atoms with Gasteiger partial charge in [-0.3, -0.25) is 9.58 Å². The summed E-state index contributed by atoms with van der Waals surface area (Å²) in [5.74, 6) is 0.486. The molecule has 0 bridgehead atoms. The topological polar surface area (TPSA) is 82.2 Å². The molecule has 36 heavy (non-hydrogen) atoms. The van der Waals surface area contributed by atoms with E-state index in [1.807, 2.05) is 29.3 Å². The lowest BCUT2D eigenvalue weighted by atomic mass is 9.97. The Bertz CT molecular complexity index is 1450.